The quantitative estimate of drug-likeness (QED) is 0.840. The minimum atomic E-state index is -0.492. The molecule has 4 heteroatoms. The molecule has 0 aliphatic rings. The molecule has 1 unspecified atom stereocenters. The maximum absolute atomic E-state index is 13.7. The molecule has 1 amide bonds. The number of benzene rings is 2. The van der Waals surface area contributed by atoms with E-state index >= 15 is 0 Å². The summed E-state index contributed by atoms with van der Waals surface area (Å²) >= 11 is 3.51. The van der Waals surface area contributed by atoms with E-state index in [0.29, 0.717) is 6.54 Å². The van der Waals surface area contributed by atoms with Crippen molar-refractivity contribution in [2.45, 2.75) is 11.8 Å². The molecule has 0 aliphatic carbocycles. The average molecular weight is 336 g/mol. The number of halogens is 2. The van der Waals surface area contributed by atoms with Crippen LogP contribution in [0.25, 0.3) is 0 Å². The summed E-state index contributed by atoms with van der Waals surface area (Å²) in [6, 6.07) is 14.3. The number of carbonyl (C=O) groups is 1. The third-order valence-electron chi connectivity index (χ3n) is 2.97. The Bertz CT molecular complexity index is 601. The molecule has 0 radical (unpaired) electrons. The minimum absolute atomic E-state index is 0.00107. The SMILES string of the molecule is Cc1ccc(C(=O)NCC(Br)c2ccccc2)c(F)c1. The number of aryl methyl sites for hydroxylation is 1. The number of hydrogen-bond donors (Lipinski definition) is 1. The fourth-order valence-electron chi connectivity index (χ4n) is 1.86. The number of nitrogens with one attached hydrogen (secondary N) is 1. The summed E-state index contributed by atoms with van der Waals surface area (Å²) in [6.45, 7) is 2.19. The molecule has 0 saturated carbocycles. The van der Waals surface area contributed by atoms with Crippen molar-refractivity contribution >= 4 is 21.8 Å². The summed E-state index contributed by atoms with van der Waals surface area (Å²) in [6.07, 6.45) is 0. The van der Waals surface area contributed by atoms with Crippen molar-refractivity contribution in [3.05, 3.63) is 71.0 Å². The van der Waals surface area contributed by atoms with E-state index in [-0.39, 0.29) is 10.4 Å². The zero-order valence-electron chi connectivity index (χ0n) is 11.1. The highest BCUT2D eigenvalue weighted by atomic mass is 79.9. The molecule has 104 valence electrons. The standard InChI is InChI=1S/C16H15BrFNO/c1-11-7-8-13(15(18)9-11)16(20)19-10-14(17)12-5-3-2-4-6-12/h2-9,14H,10H2,1H3,(H,19,20). The van der Waals surface area contributed by atoms with Crippen LogP contribution in [0.5, 0.6) is 0 Å². The predicted molar refractivity (Wildman–Crippen MR) is 81.6 cm³/mol. The fourth-order valence-corrected chi connectivity index (χ4v) is 2.33. The summed E-state index contributed by atoms with van der Waals surface area (Å²) in [4.78, 5) is 11.9. The first-order chi connectivity index (χ1) is 9.58. The van der Waals surface area contributed by atoms with E-state index in [2.05, 4.69) is 21.2 Å². The summed E-state index contributed by atoms with van der Waals surface area (Å²) in [5, 5.41) is 2.73. The Morgan fingerprint density at radius 1 is 1.25 bits per heavy atom. The second-order valence-corrected chi connectivity index (χ2v) is 5.68. The molecule has 0 aromatic heterocycles. The summed E-state index contributed by atoms with van der Waals surface area (Å²) in [5.74, 6) is -0.892. The van der Waals surface area contributed by atoms with Gasteiger partial charge in [0.05, 0.1) is 10.4 Å². The predicted octanol–water partition coefficient (Wildman–Crippen LogP) is 4.00. The Morgan fingerprint density at radius 2 is 1.95 bits per heavy atom. The van der Waals surface area contributed by atoms with Crippen LogP contribution in [0.1, 0.15) is 26.3 Å². The van der Waals surface area contributed by atoms with Gasteiger partial charge in [0.15, 0.2) is 0 Å². The fraction of sp³-hybridized carbons (Fsp3) is 0.188. The molecule has 0 spiro atoms. The van der Waals surface area contributed by atoms with Gasteiger partial charge in [-0.3, -0.25) is 4.79 Å². The van der Waals surface area contributed by atoms with Gasteiger partial charge in [-0.15, -0.1) is 0 Å². The van der Waals surface area contributed by atoms with Crippen molar-refractivity contribution in [1.29, 1.82) is 0 Å². The molecule has 0 aliphatic heterocycles. The third kappa shape index (κ3) is 3.67. The normalized spacial score (nSPS) is 11.9. The highest BCUT2D eigenvalue weighted by molar-refractivity contribution is 9.09. The lowest BCUT2D eigenvalue weighted by Crippen LogP contribution is -2.27. The molecule has 0 saturated heterocycles. The van der Waals surface area contributed by atoms with Gasteiger partial charge < -0.3 is 5.32 Å². The van der Waals surface area contributed by atoms with Crippen LogP contribution >= 0.6 is 15.9 Å². The molecule has 1 N–H and O–H groups in total. The van der Waals surface area contributed by atoms with Gasteiger partial charge in [0.2, 0.25) is 0 Å². The Labute approximate surface area is 126 Å². The van der Waals surface area contributed by atoms with Crippen molar-refractivity contribution in [2.24, 2.45) is 0 Å². The van der Waals surface area contributed by atoms with E-state index in [4.69, 9.17) is 0 Å². The number of rotatable bonds is 4. The highest BCUT2D eigenvalue weighted by Crippen LogP contribution is 2.21. The Hall–Kier alpha value is -1.68. The molecule has 2 rings (SSSR count). The van der Waals surface area contributed by atoms with Gasteiger partial charge in [0.1, 0.15) is 5.82 Å². The molecule has 2 nitrogen and oxygen atoms in total. The van der Waals surface area contributed by atoms with Crippen LogP contribution in [0.15, 0.2) is 48.5 Å². The number of alkyl halides is 1. The van der Waals surface area contributed by atoms with Gasteiger partial charge >= 0.3 is 0 Å². The first-order valence-electron chi connectivity index (χ1n) is 6.31. The second-order valence-electron chi connectivity index (χ2n) is 4.57. The maximum atomic E-state index is 13.7. The van der Waals surface area contributed by atoms with E-state index in [9.17, 15) is 9.18 Å². The van der Waals surface area contributed by atoms with Crippen LogP contribution in [-0.2, 0) is 0 Å². The van der Waals surface area contributed by atoms with Crippen LogP contribution in [0, 0.1) is 12.7 Å². The van der Waals surface area contributed by atoms with Crippen molar-refractivity contribution in [1.82, 2.24) is 5.32 Å². The van der Waals surface area contributed by atoms with E-state index in [0.717, 1.165) is 11.1 Å². The summed E-state index contributed by atoms with van der Waals surface area (Å²) in [5.41, 5.74) is 1.93. The molecule has 0 heterocycles. The van der Waals surface area contributed by atoms with Crippen LogP contribution < -0.4 is 5.32 Å². The lowest BCUT2D eigenvalue weighted by Gasteiger charge is -2.12. The van der Waals surface area contributed by atoms with E-state index in [1.54, 1.807) is 13.0 Å². The minimum Gasteiger partial charge on any atom is -0.350 e. The van der Waals surface area contributed by atoms with Crippen molar-refractivity contribution in [3.8, 4) is 0 Å². The second kappa shape index (κ2) is 6.66. The topological polar surface area (TPSA) is 29.1 Å². The Kier molecular flexibility index (Phi) is 4.90. The van der Waals surface area contributed by atoms with E-state index < -0.39 is 11.7 Å². The zero-order chi connectivity index (χ0) is 14.5. The van der Waals surface area contributed by atoms with Gasteiger partial charge in [0.25, 0.3) is 5.91 Å². The van der Waals surface area contributed by atoms with Crippen molar-refractivity contribution < 1.29 is 9.18 Å². The molecule has 20 heavy (non-hydrogen) atoms. The molecule has 2 aromatic rings. The number of hydrogen-bond acceptors (Lipinski definition) is 1. The van der Waals surface area contributed by atoms with Crippen LogP contribution in [0.2, 0.25) is 0 Å². The lowest BCUT2D eigenvalue weighted by molar-refractivity contribution is 0.0950. The lowest BCUT2D eigenvalue weighted by atomic mass is 10.1. The van der Waals surface area contributed by atoms with E-state index in [1.807, 2.05) is 30.3 Å². The molecule has 0 fully saturated rings. The zero-order valence-corrected chi connectivity index (χ0v) is 12.7. The molecule has 0 bridgehead atoms. The maximum Gasteiger partial charge on any atom is 0.254 e. The molecular weight excluding hydrogens is 321 g/mol. The summed E-state index contributed by atoms with van der Waals surface area (Å²) < 4.78 is 13.7. The van der Waals surface area contributed by atoms with E-state index in [1.165, 1.54) is 12.1 Å². The van der Waals surface area contributed by atoms with Gasteiger partial charge in [0, 0.05) is 6.54 Å². The van der Waals surface area contributed by atoms with Gasteiger partial charge in [-0.1, -0.05) is 52.3 Å². The van der Waals surface area contributed by atoms with Crippen molar-refractivity contribution in [3.63, 3.8) is 0 Å². The van der Waals surface area contributed by atoms with Crippen LogP contribution in [-0.4, -0.2) is 12.5 Å². The van der Waals surface area contributed by atoms with Gasteiger partial charge in [-0.05, 0) is 30.2 Å². The highest BCUT2D eigenvalue weighted by Gasteiger charge is 2.13. The Balaban J connectivity index is 1.99. The van der Waals surface area contributed by atoms with Gasteiger partial charge in [-0.25, -0.2) is 4.39 Å². The van der Waals surface area contributed by atoms with Crippen LogP contribution in [0.3, 0.4) is 0 Å². The Morgan fingerprint density at radius 3 is 2.60 bits per heavy atom. The monoisotopic (exact) mass is 335 g/mol. The molecule has 2 aromatic carbocycles. The average Bonchev–Trinajstić information content (AvgIpc) is 2.45. The van der Waals surface area contributed by atoms with Gasteiger partial charge in [-0.2, -0.15) is 0 Å². The first kappa shape index (κ1) is 14.7. The molecule has 1 atom stereocenters. The van der Waals surface area contributed by atoms with Crippen LogP contribution in [0.4, 0.5) is 4.39 Å². The van der Waals surface area contributed by atoms with Crippen molar-refractivity contribution in [2.75, 3.05) is 6.54 Å². The first-order valence-corrected chi connectivity index (χ1v) is 7.23. The molecular formula is C16H15BrFNO. The largest absolute Gasteiger partial charge is 0.350 e. The number of amides is 1. The summed E-state index contributed by atoms with van der Waals surface area (Å²) in [7, 11) is 0. The smallest absolute Gasteiger partial charge is 0.254 e. The number of carbonyl (C=O) groups excluding carboxylic acids is 1. The third-order valence-corrected chi connectivity index (χ3v) is 3.82.